The van der Waals surface area contributed by atoms with Gasteiger partial charge in [0.05, 0.1) is 18.4 Å². The molecule has 0 aliphatic rings. The van der Waals surface area contributed by atoms with Gasteiger partial charge >= 0.3 is 0 Å². The zero-order valence-electron chi connectivity index (χ0n) is 10.6. The number of pyridine rings is 1. The molecule has 0 saturated heterocycles. The molecule has 0 amide bonds. The Kier molecular flexibility index (Phi) is 2.97. The van der Waals surface area contributed by atoms with Crippen molar-refractivity contribution in [2.24, 2.45) is 7.05 Å². The van der Waals surface area contributed by atoms with E-state index in [9.17, 15) is 0 Å². The van der Waals surface area contributed by atoms with Crippen LogP contribution in [0.1, 0.15) is 5.82 Å². The molecule has 0 saturated carbocycles. The monoisotopic (exact) mass is 254 g/mol. The first kappa shape index (κ1) is 11.5. The molecule has 3 rings (SSSR count). The number of nitrogens with one attached hydrogen (secondary N) is 1. The van der Waals surface area contributed by atoms with Gasteiger partial charge in [-0.25, -0.2) is 15.0 Å². The fourth-order valence-electron chi connectivity index (χ4n) is 1.79. The Hall–Kier alpha value is -2.63. The van der Waals surface area contributed by atoms with Crippen molar-refractivity contribution in [3.63, 3.8) is 0 Å². The second kappa shape index (κ2) is 4.93. The summed E-state index contributed by atoms with van der Waals surface area (Å²) in [6.07, 6.45) is 10.8. The van der Waals surface area contributed by atoms with Gasteiger partial charge in [0, 0.05) is 31.8 Å². The van der Waals surface area contributed by atoms with Crippen molar-refractivity contribution in [3.8, 4) is 5.82 Å². The van der Waals surface area contributed by atoms with Crippen LogP contribution in [0.15, 0.2) is 49.4 Å². The molecule has 0 aromatic carbocycles. The second-order valence-corrected chi connectivity index (χ2v) is 4.18. The molecule has 96 valence electrons. The van der Waals surface area contributed by atoms with E-state index in [1.165, 1.54) is 0 Å². The lowest BCUT2D eigenvalue weighted by atomic mass is 10.4. The predicted octanol–water partition coefficient (Wildman–Crippen LogP) is 1.61. The third-order valence-electron chi connectivity index (χ3n) is 2.89. The minimum Gasteiger partial charge on any atom is -0.377 e. The average molecular weight is 254 g/mol. The number of anilines is 1. The summed E-state index contributed by atoms with van der Waals surface area (Å²) in [4.78, 5) is 12.6. The van der Waals surface area contributed by atoms with Crippen molar-refractivity contribution in [1.29, 1.82) is 0 Å². The summed E-state index contributed by atoms with van der Waals surface area (Å²) < 4.78 is 3.85. The van der Waals surface area contributed by atoms with Crippen molar-refractivity contribution in [2.45, 2.75) is 6.54 Å². The maximum absolute atomic E-state index is 4.38. The van der Waals surface area contributed by atoms with Crippen LogP contribution >= 0.6 is 0 Å². The van der Waals surface area contributed by atoms with E-state index in [2.05, 4.69) is 20.3 Å². The van der Waals surface area contributed by atoms with Crippen molar-refractivity contribution in [3.05, 3.63) is 55.3 Å². The highest BCUT2D eigenvalue weighted by Gasteiger charge is 2.00. The Bertz CT molecular complexity index is 638. The standard InChI is InChI=1S/C13H14N6/c1-18-6-5-15-13(18)9-16-11-2-3-12(17-8-11)19-7-4-14-10-19/h2-8,10,16H,9H2,1H3. The molecule has 6 nitrogen and oxygen atoms in total. The van der Waals surface area contributed by atoms with Gasteiger partial charge in [-0.1, -0.05) is 0 Å². The predicted molar refractivity (Wildman–Crippen MR) is 71.9 cm³/mol. The molecule has 0 aliphatic carbocycles. The van der Waals surface area contributed by atoms with Crippen LogP contribution in [-0.4, -0.2) is 24.1 Å². The quantitative estimate of drug-likeness (QED) is 0.768. The molecule has 3 aromatic rings. The maximum Gasteiger partial charge on any atom is 0.137 e. The molecule has 0 fully saturated rings. The summed E-state index contributed by atoms with van der Waals surface area (Å²) >= 11 is 0. The van der Waals surface area contributed by atoms with E-state index in [4.69, 9.17) is 0 Å². The number of nitrogens with zero attached hydrogens (tertiary/aromatic N) is 5. The molecular weight excluding hydrogens is 240 g/mol. The van der Waals surface area contributed by atoms with Gasteiger partial charge in [0.15, 0.2) is 0 Å². The summed E-state index contributed by atoms with van der Waals surface area (Å²) in [5.74, 6) is 1.83. The summed E-state index contributed by atoms with van der Waals surface area (Å²) in [6.45, 7) is 0.676. The minimum atomic E-state index is 0.676. The SMILES string of the molecule is Cn1ccnc1CNc1ccc(-n2ccnc2)nc1. The molecule has 0 atom stereocenters. The lowest BCUT2D eigenvalue weighted by Crippen LogP contribution is -2.06. The van der Waals surface area contributed by atoms with Crippen molar-refractivity contribution < 1.29 is 0 Å². The van der Waals surface area contributed by atoms with E-state index in [1.54, 1.807) is 24.9 Å². The molecule has 3 aromatic heterocycles. The van der Waals surface area contributed by atoms with Gasteiger partial charge in [0.2, 0.25) is 0 Å². The molecule has 3 heterocycles. The molecule has 0 aliphatic heterocycles. The van der Waals surface area contributed by atoms with E-state index < -0.39 is 0 Å². The molecule has 0 radical (unpaired) electrons. The van der Waals surface area contributed by atoms with Crippen molar-refractivity contribution in [1.82, 2.24) is 24.1 Å². The number of aryl methyl sites for hydroxylation is 1. The first-order valence-electron chi connectivity index (χ1n) is 5.97. The lowest BCUT2D eigenvalue weighted by molar-refractivity contribution is 0.812. The number of hydrogen-bond donors (Lipinski definition) is 1. The fraction of sp³-hybridized carbons (Fsp3) is 0.154. The van der Waals surface area contributed by atoms with E-state index in [0.717, 1.165) is 17.3 Å². The van der Waals surface area contributed by atoms with Gasteiger partial charge in [-0.15, -0.1) is 0 Å². The van der Waals surface area contributed by atoms with Gasteiger partial charge in [-0.05, 0) is 12.1 Å². The van der Waals surface area contributed by atoms with E-state index in [-0.39, 0.29) is 0 Å². The Morgan fingerprint density at radius 2 is 2.11 bits per heavy atom. The lowest BCUT2D eigenvalue weighted by Gasteiger charge is -2.07. The van der Waals surface area contributed by atoms with E-state index in [0.29, 0.717) is 6.54 Å². The summed E-state index contributed by atoms with van der Waals surface area (Å²) in [5.41, 5.74) is 0.965. The molecule has 0 spiro atoms. The van der Waals surface area contributed by atoms with Gasteiger partial charge in [-0.2, -0.15) is 0 Å². The average Bonchev–Trinajstić information content (AvgIpc) is 3.09. The maximum atomic E-state index is 4.38. The van der Waals surface area contributed by atoms with E-state index in [1.807, 2.05) is 40.7 Å². The zero-order chi connectivity index (χ0) is 13.1. The van der Waals surface area contributed by atoms with Crippen LogP contribution in [-0.2, 0) is 13.6 Å². The normalized spacial score (nSPS) is 10.6. The number of imidazole rings is 2. The van der Waals surface area contributed by atoms with E-state index >= 15 is 0 Å². The van der Waals surface area contributed by atoms with Crippen molar-refractivity contribution in [2.75, 3.05) is 5.32 Å². The van der Waals surface area contributed by atoms with Crippen LogP contribution in [0.3, 0.4) is 0 Å². The summed E-state index contributed by atoms with van der Waals surface area (Å²) in [5, 5.41) is 3.29. The highest BCUT2D eigenvalue weighted by Crippen LogP contribution is 2.10. The third kappa shape index (κ3) is 2.47. The smallest absolute Gasteiger partial charge is 0.137 e. The molecular formula is C13H14N6. The van der Waals surface area contributed by atoms with Crippen LogP contribution in [0.5, 0.6) is 0 Å². The van der Waals surface area contributed by atoms with Crippen LogP contribution in [0.4, 0.5) is 5.69 Å². The highest BCUT2D eigenvalue weighted by molar-refractivity contribution is 5.43. The zero-order valence-corrected chi connectivity index (χ0v) is 10.6. The Morgan fingerprint density at radius 1 is 1.16 bits per heavy atom. The number of aromatic nitrogens is 5. The second-order valence-electron chi connectivity index (χ2n) is 4.18. The van der Waals surface area contributed by atoms with Crippen LogP contribution in [0.2, 0.25) is 0 Å². The first-order valence-corrected chi connectivity index (χ1v) is 5.97. The van der Waals surface area contributed by atoms with Gasteiger partial charge in [-0.3, -0.25) is 4.57 Å². The molecule has 6 heteroatoms. The summed E-state index contributed by atoms with van der Waals surface area (Å²) in [6, 6.07) is 3.94. The molecule has 1 N–H and O–H groups in total. The topological polar surface area (TPSA) is 60.6 Å². The number of hydrogen-bond acceptors (Lipinski definition) is 4. The van der Waals surface area contributed by atoms with Gasteiger partial charge < -0.3 is 9.88 Å². The minimum absolute atomic E-state index is 0.676. The first-order chi connectivity index (χ1) is 9.33. The number of rotatable bonds is 4. The largest absolute Gasteiger partial charge is 0.377 e. The van der Waals surface area contributed by atoms with Gasteiger partial charge in [0.1, 0.15) is 18.0 Å². The molecule has 19 heavy (non-hydrogen) atoms. The Morgan fingerprint density at radius 3 is 2.74 bits per heavy atom. The van der Waals surface area contributed by atoms with Crippen molar-refractivity contribution >= 4 is 5.69 Å². The van der Waals surface area contributed by atoms with Crippen LogP contribution in [0.25, 0.3) is 5.82 Å². The van der Waals surface area contributed by atoms with Crippen LogP contribution in [0, 0.1) is 0 Å². The Labute approximate surface area is 110 Å². The Balaban J connectivity index is 1.68. The molecule has 0 unspecified atom stereocenters. The van der Waals surface area contributed by atoms with Gasteiger partial charge in [0.25, 0.3) is 0 Å². The third-order valence-corrected chi connectivity index (χ3v) is 2.89. The summed E-state index contributed by atoms with van der Waals surface area (Å²) in [7, 11) is 1.98. The molecule has 0 bridgehead atoms. The highest BCUT2D eigenvalue weighted by atomic mass is 15.1. The fourth-order valence-corrected chi connectivity index (χ4v) is 1.79. The van der Waals surface area contributed by atoms with Crippen LogP contribution < -0.4 is 5.32 Å².